The summed E-state index contributed by atoms with van der Waals surface area (Å²) in [6.45, 7) is 1.65. The average molecular weight is 427 g/mol. The molecule has 1 aliphatic heterocycles. The molecule has 0 radical (unpaired) electrons. The Kier molecular flexibility index (Phi) is 6.79. The van der Waals surface area contributed by atoms with Gasteiger partial charge in [-0.1, -0.05) is 0 Å². The highest BCUT2D eigenvalue weighted by atomic mass is 16.5. The molecule has 0 spiro atoms. The number of anilines is 1. The first kappa shape index (κ1) is 22.1. The van der Waals surface area contributed by atoms with Crippen LogP contribution in [0, 0.1) is 5.92 Å². The minimum atomic E-state index is -0.976. The summed E-state index contributed by atoms with van der Waals surface area (Å²) >= 11 is 0. The zero-order valence-corrected chi connectivity index (χ0v) is 17.9. The van der Waals surface area contributed by atoms with E-state index in [0.717, 1.165) is 0 Å². The van der Waals surface area contributed by atoms with Gasteiger partial charge < -0.3 is 23.8 Å². The monoisotopic (exact) mass is 427 g/mol. The summed E-state index contributed by atoms with van der Waals surface area (Å²) in [7, 11) is 4.57. The first-order valence-electron chi connectivity index (χ1n) is 9.79. The van der Waals surface area contributed by atoms with Gasteiger partial charge in [-0.05, 0) is 43.3 Å². The number of ketones is 1. The Morgan fingerprint density at radius 3 is 2.23 bits per heavy atom. The lowest BCUT2D eigenvalue weighted by atomic mass is 10.1. The van der Waals surface area contributed by atoms with Crippen molar-refractivity contribution < 1.29 is 33.3 Å². The van der Waals surface area contributed by atoms with Gasteiger partial charge in [0, 0.05) is 24.6 Å². The fourth-order valence-electron chi connectivity index (χ4n) is 3.42. The SMILES string of the molecule is COc1ccc(C(=O)[C@H](C)OC(=O)[C@@H]2CC(=O)N(c3cc(OC)ccc3OC)C2)cc1. The Balaban J connectivity index is 1.68. The number of esters is 1. The summed E-state index contributed by atoms with van der Waals surface area (Å²) in [4.78, 5) is 39.3. The number of carbonyl (C=O) groups is 3. The third-order valence-corrected chi connectivity index (χ3v) is 5.17. The maximum atomic E-state index is 12.7. The van der Waals surface area contributed by atoms with Gasteiger partial charge in [-0.2, -0.15) is 0 Å². The Morgan fingerprint density at radius 1 is 0.968 bits per heavy atom. The Labute approximate surface area is 180 Å². The molecule has 1 aliphatic rings. The molecule has 0 bridgehead atoms. The van der Waals surface area contributed by atoms with Gasteiger partial charge >= 0.3 is 5.97 Å². The van der Waals surface area contributed by atoms with E-state index in [4.69, 9.17) is 18.9 Å². The first-order chi connectivity index (χ1) is 14.9. The second-order valence-electron chi connectivity index (χ2n) is 7.12. The number of carbonyl (C=O) groups excluding carboxylic acids is 3. The maximum Gasteiger partial charge on any atom is 0.312 e. The highest BCUT2D eigenvalue weighted by molar-refractivity contribution is 6.02. The zero-order valence-electron chi connectivity index (χ0n) is 17.9. The smallest absolute Gasteiger partial charge is 0.312 e. The van der Waals surface area contributed by atoms with Crippen LogP contribution in [-0.2, 0) is 14.3 Å². The fourth-order valence-corrected chi connectivity index (χ4v) is 3.42. The van der Waals surface area contributed by atoms with Crippen LogP contribution in [0.25, 0.3) is 0 Å². The molecule has 164 valence electrons. The number of amides is 1. The Morgan fingerprint density at radius 2 is 1.61 bits per heavy atom. The van der Waals surface area contributed by atoms with Crippen molar-refractivity contribution in [2.45, 2.75) is 19.4 Å². The second-order valence-corrected chi connectivity index (χ2v) is 7.12. The number of rotatable bonds is 8. The van der Waals surface area contributed by atoms with E-state index in [-0.39, 0.29) is 24.7 Å². The van der Waals surface area contributed by atoms with E-state index < -0.39 is 18.0 Å². The van der Waals surface area contributed by atoms with E-state index in [1.165, 1.54) is 33.2 Å². The van der Waals surface area contributed by atoms with Crippen molar-refractivity contribution in [1.82, 2.24) is 0 Å². The topological polar surface area (TPSA) is 91.4 Å². The summed E-state index contributed by atoms with van der Waals surface area (Å²) in [6, 6.07) is 11.7. The van der Waals surface area contributed by atoms with Crippen molar-refractivity contribution in [2.75, 3.05) is 32.8 Å². The van der Waals surface area contributed by atoms with E-state index in [0.29, 0.717) is 28.5 Å². The number of methoxy groups -OCH3 is 3. The van der Waals surface area contributed by atoms with E-state index in [2.05, 4.69) is 0 Å². The number of ether oxygens (including phenoxy) is 4. The quantitative estimate of drug-likeness (QED) is 0.473. The molecule has 1 fully saturated rings. The molecule has 0 aromatic heterocycles. The van der Waals surface area contributed by atoms with Crippen LogP contribution in [0.1, 0.15) is 23.7 Å². The molecule has 1 saturated heterocycles. The molecule has 0 saturated carbocycles. The summed E-state index contributed by atoms with van der Waals surface area (Å²) in [5, 5.41) is 0. The Bertz CT molecular complexity index is 970. The van der Waals surface area contributed by atoms with Crippen LogP contribution >= 0.6 is 0 Å². The van der Waals surface area contributed by atoms with Gasteiger partial charge in [0.05, 0.1) is 32.9 Å². The second kappa shape index (κ2) is 9.51. The number of hydrogen-bond donors (Lipinski definition) is 0. The molecule has 8 heteroatoms. The van der Waals surface area contributed by atoms with Crippen LogP contribution in [0.15, 0.2) is 42.5 Å². The Hall–Kier alpha value is -3.55. The van der Waals surface area contributed by atoms with Crippen LogP contribution in [0.5, 0.6) is 17.2 Å². The third-order valence-electron chi connectivity index (χ3n) is 5.17. The molecular weight excluding hydrogens is 402 g/mol. The van der Waals surface area contributed by atoms with E-state index in [1.807, 2.05) is 0 Å². The third kappa shape index (κ3) is 4.79. The van der Waals surface area contributed by atoms with Gasteiger partial charge in [0.1, 0.15) is 17.2 Å². The summed E-state index contributed by atoms with van der Waals surface area (Å²) < 4.78 is 21.0. The predicted octanol–water partition coefficient (Wildman–Crippen LogP) is 2.88. The van der Waals surface area contributed by atoms with Crippen molar-refractivity contribution >= 4 is 23.3 Å². The maximum absolute atomic E-state index is 12.7. The lowest BCUT2D eigenvalue weighted by molar-refractivity contribution is -0.151. The molecule has 8 nitrogen and oxygen atoms in total. The minimum Gasteiger partial charge on any atom is -0.497 e. The normalized spacial score (nSPS) is 16.6. The van der Waals surface area contributed by atoms with Crippen LogP contribution in [0.2, 0.25) is 0 Å². The number of benzene rings is 2. The van der Waals surface area contributed by atoms with Gasteiger partial charge in [0.15, 0.2) is 6.10 Å². The van der Waals surface area contributed by atoms with Gasteiger partial charge in [-0.3, -0.25) is 14.4 Å². The summed E-state index contributed by atoms with van der Waals surface area (Å²) in [6.07, 6.45) is -0.987. The zero-order chi connectivity index (χ0) is 22.5. The molecule has 31 heavy (non-hydrogen) atoms. The lowest BCUT2D eigenvalue weighted by Crippen LogP contribution is -2.30. The van der Waals surface area contributed by atoms with Crippen LogP contribution in [0.4, 0.5) is 5.69 Å². The summed E-state index contributed by atoms with van der Waals surface area (Å²) in [5.74, 6) is -0.158. The van der Waals surface area contributed by atoms with Crippen molar-refractivity contribution in [1.29, 1.82) is 0 Å². The molecular formula is C23H25NO7. The molecule has 0 unspecified atom stereocenters. The standard InChI is InChI=1S/C23H25NO7/c1-14(22(26)15-5-7-17(28-2)8-6-15)31-23(27)16-11-21(25)24(13-16)19-12-18(29-3)9-10-20(19)30-4/h5-10,12,14,16H,11,13H2,1-4H3/t14-,16+/m0/s1. The van der Waals surface area contributed by atoms with E-state index in [9.17, 15) is 14.4 Å². The van der Waals surface area contributed by atoms with Gasteiger partial charge in [-0.15, -0.1) is 0 Å². The molecule has 2 aromatic carbocycles. The van der Waals surface area contributed by atoms with Gasteiger partial charge in [-0.25, -0.2) is 0 Å². The number of nitrogens with zero attached hydrogens (tertiary/aromatic N) is 1. The number of hydrogen-bond acceptors (Lipinski definition) is 7. The number of Topliss-reactive ketones (excluding diaryl/α,β-unsaturated/α-hetero) is 1. The average Bonchev–Trinajstić information content (AvgIpc) is 3.19. The lowest BCUT2D eigenvalue weighted by Gasteiger charge is -2.20. The highest BCUT2D eigenvalue weighted by Gasteiger charge is 2.38. The van der Waals surface area contributed by atoms with Crippen LogP contribution < -0.4 is 19.1 Å². The van der Waals surface area contributed by atoms with Gasteiger partial charge in [0.2, 0.25) is 11.7 Å². The molecule has 2 aromatic rings. The first-order valence-corrected chi connectivity index (χ1v) is 9.79. The highest BCUT2D eigenvalue weighted by Crippen LogP contribution is 2.36. The van der Waals surface area contributed by atoms with Crippen LogP contribution in [-0.4, -0.2) is 51.6 Å². The summed E-state index contributed by atoms with van der Waals surface area (Å²) in [5.41, 5.74) is 0.927. The molecule has 2 atom stereocenters. The van der Waals surface area contributed by atoms with Crippen molar-refractivity contribution in [3.63, 3.8) is 0 Å². The largest absolute Gasteiger partial charge is 0.497 e. The van der Waals surface area contributed by atoms with Crippen LogP contribution in [0.3, 0.4) is 0 Å². The minimum absolute atomic E-state index is 0.0113. The molecule has 1 heterocycles. The molecule has 3 rings (SSSR count). The van der Waals surface area contributed by atoms with Crippen molar-refractivity contribution in [3.8, 4) is 17.2 Å². The van der Waals surface area contributed by atoms with E-state index in [1.54, 1.807) is 42.5 Å². The fraction of sp³-hybridized carbons (Fsp3) is 0.348. The van der Waals surface area contributed by atoms with Gasteiger partial charge in [0.25, 0.3) is 0 Å². The van der Waals surface area contributed by atoms with Crippen molar-refractivity contribution in [2.24, 2.45) is 5.92 Å². The molecule has 0 aliphatic carbocycles. The van der Waals surface area contributed by atoms with E-state index >= 15 is 0 Å². The van der Waals surface area contributed by atoms with Crippen molar-refractivity contribution in [3.05, 3.63) is 48.0 Å². The molecule has 1 amide bonds. The predicted molar refractivity (Wildman–Crippen MR) is 113 cm³/mol. The molecule has 0 N–H and O–H groups in total.